The lowest BCUT2D eigenvalue weighted by Crippen LogP contribution is -2.37. The van der Waals surface area contributed by atoms with Crippen molar-refractivity contribution in [1.29, 1.82) is 0 Å². The zero-order valence-electron chi connectivity index (χ0n) is 18.1. The number of oxime groups is 1. The predicted molar refractivity (Wildman–Crippen MR) is 113 cm³/mol. The molecule has 1 aliphatic rings. The molecule has 0 aromatic heterocycles. The summed E-state index contributed by atoms with van der Waals surface area (Å²) in [5.41, 5.74) is 1.16. The Morgan fingerprint density at radius 2 is 1.91 bits per heavy atom. The second-order valence-electron chi connectivity index (χ2n) is 7.37. The number of hydrogen-bond donors (Lipinski definition) is 0. The fraction of sp³-hybridized carbons (Fsp3) is 0.391. The molecule has 1 amide bonds. The summed E-state index contributed by atoms with van der Waals surface area (Å²) in [6.07, 6.45) is -4.16. The number of alkyl halides is 3. The highest BCUT2D eigenvalue weighted by Crippen LogP contribution is 2.31. The van der Waals surface area contributed by atoms with Crippen LogP contribution in [0.15, 0.2) is 47.6 Å². The zero-order valence-corrected chi connectivity index (χ0v) is 18.1. The highest BCUT2D eigenvalue weighted by molar-refractivity contribution is 6.01. The van der Waals surface area contributed by atoms with E-state index in [0.29, 0.717) is 29.2 Å². The number of nitrogens with zero attached hydrogens (tertiary/aromatic N) is 2. The number of ether oxygens (including phenoxy) is 2. The van der Waals surface area contributed by atoms with Crippen molar-refractivity contribution in [2.24, 2.45) is 5.16 Å². The first kappa shape index (κ1) is 23.4. The van der Waals surface area contributed by atoms with Gasteiger partial charge in [0.2, 0.25) is 5.91 Å². The summed E-state index contributed by atoms with van der Waals surface area (Å²) >= 11 is 0. The molecule has 1 heterocycles. The third-order valence-corrected chi connectivity index (χ3v) is 5.16. The van der Waals surface area contributed by atoms with Gasteiger partial charge >= 0.3 is 6.18 Å². The Balaban J connectivity index is 1.70. The summed E-state index contributed by atoms with van der Waals surface area (Å²) in [6.45, 7) is 1.98. The maximum atomic E-state index is 13.0. The minimum absolute atomic E-state index is 0.0577. The average Bonchev–Trinajstić information content (AvgIpc) is 3.25. The maximum Gasteiger partial charge on any atom is 0.416 e. The molecule has 0 bridgehead atoms. The summed E-state index contributed by atoms with van der Waals surface area (Å²) in [5, 5.41) is 4.14. The molecule has 3 rings (SSSR count). The molecule has 0 aliphatic carbocycles. The molecule has 32 heavy (non-hydrogen) atoms. The van der Waals surface area contributed by atoms with Crippen LogP contribution in [0.25, 0.3) is 0 Å². The molecule has 6 nitrogen and oxygen atoms in total. The van der Waals surface area contributed by atoms with Crippen LogP contribution < -0.4 is 9.47 Å². The largest absolute Gasteiger partial charge is 0.493 e. The Hall–Kier alpha value is -3.23. The standard InChI is InChI=1S/C23H25F3N2O4/c1-4-22(29)28(13-15-6-5-7-17(10-15)23(24,25)26)14-18-12-19(27-32-18)16-8-9-20(30-2)21(11-16)31-3/h5-11,18H,4,12-14H2,1-3H3. The van der Waals surface area contributed by atoms with Gasteiger partial charge in [0.1, 0.15) is 0 Å². The van der Waals surface area contributed by atoms with Crippen molar-refractivity contribution >= 4 is 11.6 Å². The summed E-state index contributed by atoms with van der Waals surface area (Å²) in [5.74, 6) is 0.974. The van der Waals surface area contributed by atoms with Crippen molar-refractivity contribution in [1.82, 2.24) is 4.90 Å². The molecule has 0 radical (unpaired) electrons. The van der Waals surface area contributed by atoms with Crippen LogP contribution in [0.5, 0.6) is 11.5 Å². The minimum atomic E-state index is -4.44. The monoisotopic (exact) mass is 450 g/mol. The van der Waals surface area contributed by atoms with Gasteiger partial charge in [-0.15, -0.1) is 0 Å². The van der Waals surface area contributed by atoms with E-state index >= 15 is 0 Å². The van der Waals surface area contributed by atoms with Gasteiger partial charge in [-0.3, -0.25) is 4.79 Å². The maximum absolute atomic E-state index is 13.0. The van der Waals surface area contributed by atoms with E-state index in [9.17, 15) is 18.0 Å². The number of amides is 1. The molecule has 172 valence electrons. The highest BCUT2D eigenvalue weighted by Gasteiger charge is 2.31. The molecule has 0 saturated heterocycles. The van der Waals surface area contributed by atoms with E-state index in [1.54, 1.807) is 39.3 Å². The topological polar surface area (TPSA) is 60.4 Å². The van der Waals surface area contributed by atoms with E-state index in [4.69, 9.17) is 14.3 Å². The molecule has 0 saturated carbocycles. The smallest absolute Gasteiger partial charge is 0.416 e. The Bertz CT molecular complexity index is 991. The van der Waals surface area contributed by atoms with Gasteiger partial charge in [0.25, 0.3) is 0 Å². The molecular formula is C23H25F3N2O4. The van der Waals surface area contributed by atoms with Crippen LogP contribution in [-0.2, 0) is 22.4 Å². The third kappa shape index (κ3) is 5.52. The molecule has 1 unspecified atom stereocenters. The number of carbonyl (C=O) groups excluding carboxylic acids is 1. The Kier molecular flexibility index (Phi) is 7.27. The lowest BCUT2D eigenvalue weighted by atomic mass is 10.0. The predicted octanol–water partition coefficient (Wildman–Crippen LogP) is 4.65. The van der Waals surface area contributed by atoms with Crippen LogP contribution >= 0.6 is 0 Å². The molecule has 1 aliphatic heterocycles. The van der Waals surface area contributed by atoms with E-state index < -0.39 is 17.8 Å². The van der Waals surface area contributed by atoms with Crippen molar-refractivity contribution in [3.8, 4) is 11.5 Å². The third-order valence-electron chi connectivity index (χ3n) is 5.16. The molecule has 2 aromatic carbocycles. The number of carbonyl (C=O) groups is 1. The Labute approximate surface area is 184 Å². The summed E-state index contributed by atoms with van der Waals surface area (Å²) in [6, 6.07) is 10.4. The van der Waals surface area contributed by atoms with E-state index in [0.717, 1.165) is 17.7 Å². The van der Waals surface area contributed by atoms with Crippen molar-refractivity contribution in [3.63, 3.8) is 0 Å². The number of benzene rings is 2. The lowest BCUT2D eigenvalue weighted by Gasteiger charge is -2.25. The van der Waals surface area contributed by atoms with Crippen molar-refractivity contribution in [2.45, 2.75) is 38.6 Å². The van der Waals surface area contributed by atoms with Gasteiger partial charge in [0.05, 0.1) is 32.0 Å². The second kappa shape index (κ2) is 9.93. The quantitative estimate of drug-likeness (QED) is 0.587. The van der Waals surface area contributed by atoms with Crippen LogP contribution in [0.3, 0.4) is 0 Å². The normalized spacial score (nSPS) is 15.7. The van der Waals surface area contributed by atoms with Crippen LogP contribution in [0.1, 0.15) is 36.5 Å². The van der Waals surface area contributed by atoms with E-state index in [-0.39, 0.29) is 25.4 Å². The Morgan fingerprint density at radius 1 is 1.16 bits per heavy atom. The van der Waals surface area contributed by atoms with Crippen LogP contribution in [0.4, 0.5) is 13.2 Å². The van der Waals surface area contributed by atoms with Gasteiger partial charge in [0.15, 0.2) is 17.6 Å². The zero-order chi connectivity index (χ0) is 23.3. The average molecular weight is 450 g/mol. The first-order chi connectivity index (χ1) is 15.2. The molecule has 0 spiro atoms. The Morgan fingerprint density at radius 3 is 2.56 bits per heavy atom. The first-order valence-corrected chi connectivity index (χ1v) is 10.1. The molecule has 0 N–H and O–H groups in total. The number of halogens is 3. The minimum Gasteiger partial charge on any atom is -0.493 e. The van der Waals surface area contributed by atoms with E-state index in [1.807, 2.05) is 6.07 Å². The summed E-state index contributed by atoms with van der Waals surface area (Å²) in [7, 11) is 3.09. The van der Waals surface area contributed by atoms with Gasteiger partial charge in [-0.1, -0.05) is 24.2 Å². The number of rotatable bonds is 8. The lowest BCUT2D eigenvalue weighted by molar-refractivity contribution is -0.137. The van der Waals surface area contributed by atoms with Gasteiger partial charge in [-0.05, 0) is 35.9 Å². The first-order valence-electron chi connectivity index (χ1n) is 10.1. The van der Waals surface area contributed by atoms with Crippen molar-refractivity contribution < 1.29 is 32.3 Å². The van der Waals surface area contributed by atoms with E-state index in [1.165, 1.54) is 11.0 Å². The molecule has 9 heteroatoms. The fourth-order valence-corrected chi connectivity index (χ4v) is 3.50. The number of hydrogen-bond acceptors (Lipinski definition) is 5. The summed E-state index contributed by atoms with van der Waals surface area (Å²) < 4.78 is 49.7. The highest BCUT2D eigenvalue weighted by atomic mass is 19.4. The molecule has 1 atom stereocenters. The van der Waals surface area contributed by atoms with Crippen molar-refractivity contribution in [2.75, 3.05) is 20.8 Å². The summed E-state index contributed by atoms with van der Waals surface area (Å²) in [4.78, 5) is 19.5. The SMILES string of the molecule is CCC(=O)N(Cc1cccc(C(F)(F)F)c1)CC1CC(c2ccc(OC)c(OC)c2)=NO1. The van der Waals surface area contributed by atoms with Crippen LogP contribution in [-0.4, -0.2) is 43.4 Å². The van der Waals surface area contributed by atoms with Gasteiger partial charge in [-0.2, -0.15) is 13.2 Å². The van der Waals surface area contributed by atoms with Crippen molar-refractivity contribution in [3.05, 3.63) is 59.2 Å². The molecule has 0 fully saturated rings. The second-order valence-corrected chi connectivity index (χ2v) is 7.37. The van der Waals surface area contributed by atoms with E-state index in [2.05, 4.69) is 5.16 Å². The van der Waals surface area contributed by atoms with Crippen LogP contribution in [0.2, 0.25) is 0 Å². The number of methoxy groups -OCH3 is 2. The van der Waals surface area contributed by atoms with Crippen LogP contribution in [0, 0.1) is 0 Å². The molecule has 2 aromatic rings. The van der Waals surface area contributed by atoms with Gasteiger partial charge < -0.3 is 19.2 Å². The fourth-order valence-electron chi connectivity index (χ4n) is 3.50. The molecular weight excluding hydrogens is 425 g/mol. The van der Waals surface area contributed by atoms with Gasteiger partial charge in [0, 0.05) is 24.9 Å². The van der Waals surface area contributed by atoms with Gasteiger partial charge in [-0.25, -0.2) is 0 Å².